The molecule has 0 atom stereocenters. The van der Waals surface area contributed by atoms with E-state index < -0.39 is 23.4 Å². The number of imidazole rings is 1. The fourth-order valence-electron chi connectivity index (χ4n) is 5.90. The molecule has 3 aromatic carbocycles. The molecule has 0 radical (unpaired) electrons. The van der Waals surface area contributed by atoms with Gasteiger partial charge < -0.3 is 19.1 Å². The molecule has 5 aromatic rings. The van der Waals surface area contributed by atoms with Crippen LogP contribution in [0.2, 0.25) is 0 Å². The zero-order valence-electron chi connectivity index (χ0n) is 24.9. The second kappa shape index (κ2) is 12.7. The largest absolute Gasteiger partial charge is 0.478 e. The van der Waals surface area contributed by atoms with Crippen molar-refractivity contribution in [1.82, 2.24) is 14.5 Å². The van der Waals surface area contributed by atoms with Crippen LogP contribution in [-0.4, -0.2) is 39.3 Å². The quantitative estimate of drug-likeness (QED) is 0.167. The Labute approximate surface area is 262 Å². The van der Waals surface area contributed by atoms with E-state index in [9.17, 15) is 14.3 Å². The molecule has 0 saturated heterocycles. The van der Waals surface area contributed by atoms with Gasteiger partial charge in [-0.05, 0) is 66.9 Å². The van der Waals surface area contributed by atoms with E-state index >= 15 is 8.78 Å². The average Bonchev–Trinajstić information content (AvgIpc) is 3.36. The number of pyridine rings is 1. The molecule has 1 saturated carbocycles. The summed E-state index contributed by atoms with van der Waals surface area (Å²) in [5.74, 6) is -2.47. The van der Waals surface area contributed by atoms with Crippen LogP contribution in [0.4, 0.5) is 13.2 Å². The molecule has 8 nitrogen and oxygen atoms in total. The monoisotopic (exact) mass is 626 g/mol. The first-order valence-electron chi connectivity index (χ1n) is 14.7. The lowest BCUT2D eigenvalue weighted by molar-refractivity contribution is 0.00371. The molecule has 2 heterocycles. The SMILES string of the molecule is COCC1(Cn2c(Cc3cc(F)c(-c4cccc(OCc5ccc(C#N)cc5F)n4)cc3F)nc3ccc(C(=O)O)cc32)CCC1. The number of halogens is 3. The zero-order valence-corrected chi connectivity index (χ0v) is 24.9. The maximum absolute atomic E-state index is 15.6. The number of methoxy groups -OCH3 is 1. The normalized spacial score (nSPS) is 13.7. The van der Waals surface area contributed by atoms with Gasteiger partial charge in [-0.2, -0.15) is 5.26 Å². The summed E-state index contributed by atoms with van der Waals surface area (Å²) in [5.41, 5.74) is 1.64. The van der Waals surface area contributed by atoms with Crippen molar-refractivity contribution in [2.75, 3.05) is 13.7 Å². The van der Waals surface area contributed by atoms with E-state index in [0.717, 1.165) is 37.5 Å². The summed E-state index contributed by atoms with van der Waals surface area (Å²) < 4.78 is 58.5. The molecule has 1 aliphatic carbocycles. The van der Waals surface area contributed by atoms with E-state index in [4.69, 9.17) is 19.7 Å². The van der Waals surface area contributed by atoms with Gasteiger partial charge in [0.1, 0.15) is 29.9 Å². The van der Waals surface area contributed by atoms with E-state index in [1.807, 2.05) is 10.6 Å². The topological polar surface area (TPSA) is 110 Å². The minimum Gasteiger partial charge on any atom is -0.478 e. The lowest BCUT2D eigenvalue weighted by Gasteiger charge is -2.42. The number of rotatable bonds is 11. The Morgan fingerprint density at radius 2 is 1.80 bits per heavy atom. The Hall–Kier alpha value is -5.21. The Morgan fingerprint density at radius 1 is 1.00 bits per heavy atom. The number of nitriles is 1. The molecule has 0 spiro atoms. The highest BCUT2D eigenvalue weighted by Gasteiger charge is 2.38. The van der Waals surface area contributed by atoms with Crippen LogP contribution in [0.5, 0.6) is 5.88 Å². The highest BCUT2D eigenvalue weighted by Crippen LogP contribution is 2.43. The van der Waals surface area contributed by atoms with Crippen LogP contribution in [0.15, 0.2) is 66.7 Å². The number of aromatic carboxylic acids is 1. The number of carbonyl (C=O) groups is 1. The fraction of sp³-hybridized carbons (Fsp3) is 0.257. The summed E-state index contributed by atoms with van der Waals surface area (Å²) in [7, 11) is 1.64. The van der Waals surface area contributed by atoms with Crippen LogP contribution < -0.4 is 4.74 Å². The number of hydrogen-bond donors (Lipinski definition) is 1. The van der Waals surface area contributed by atoms with Crippen LogP contribution in [0.3, 0.4) is 0 Å². The predicted octanol–water partition coefficient (Wildman–Crippen LogP) is 7.07. The molecule has 0 unspecified atom stereocenters. The van der Waals surface area contributed by atoms with Crippen molar-refractivity contribution in [3.05, 3.63) is 112 Å². The van der Waals surface area contributed by atoms with Crippen LogP contribution in [0.1, 0.15) is 52.1 Å². The van der Waals surface area contributed by atoms with Gasteiger partial charge in [-0.1, -0.05) is 18.6 Å². The summed E-state index contributed by atoms with van der Waals surface area (Å²) in [6, 6.07) is 17.3. The number of hydrogen-bond acceptors (Lipinski definition) is 6. The van der Waals surface area contributed by atoms with Gasteiger partial charge in [0.2, 0.25) is 5.88 Å². The van der Waals surface area contributed by atoms with Crippen LogP contribution in [-0.2, 0) is 24.3 Å². The summed E-state index contributed by atoms with van der Waals surface area (Å²) in [6.45, 7) is 0.839. The van der Waals surface area contributed by atoms with Gasteiger partial charge in [-0.3, -0.25) is 0 Å². The van der Waals surface area contributed by atoms with Gasteiger partial charge in [-0.25, -0.2) is 27.9 Å². The molecule has 0 aliphatic heterocycles. The molecule has 1 fully saturated rings. The molecule has 2 aromatic heterocycles. The van der Waals surface area contributed by atoms with E-state index in [1.54, 1.807) is 25.3 Å². The van der Waals surface area contributed by atoms with Gasteiger partial charge in [0.25, 0.3) is 0 Å². The number of carboxylic acids is 1. The first kappa shape index (κ1) is 30.8. The molecule has 1 aliphatic rings. The van der Waals surface area contributed by atoms with Crippen molar-refractivity contribution >= 4 is 17.0 Å². The highest BCUT2D eigenvalue weighted by molar-refractivity contribution is 5.92. The van der Waals surface area contributed by atoms with Crippen LogP contribution in [0, 0.1) is 34.2 Å². The maximum atomic E-state index is 15.6. The van der Waals surface area contributed by atoms with Crippen molar-refractivity contribution in [3.8, 4) is 23.2 Å². The summed E-state index contributed by atoms with van der Waals surface area (Å²) in [4.78, 5) is 20.7. The maximum Gasteiger partial charge on any atom is 0.335 e. The molecule has 1 N–H and O–H groups in total. The Bertz CT molecular complexity index is 2000. The van der Waals surface area contributed by atoms with E-state index in [1.165, 1.54) is 30.3 Å². The van der Waals surface area contributed by atoms with E-state index in [-0.39, 0.29) is 57.8 Å². The Balaban J connectivity index is 1.28. The molecule has 0 bridgehead atoms. The smallest absolute Gasteiger partial charge is 0.335 e. The number of ether oxygens (including phenoxy) is 2. The van der Waals surface area contributed by atoms with Crippen molar-refractivity contribution in [1.29, 1.82) is 5.26 Å². The third-order valence-electron chi connectivity index (χ3n) is 8.47. The predicted molar refractivity (Wildman–Crippen MR) is 163 cm³/mol. The number of carboxylic acid groups (broad SMARTS) is 1. The van der Waals surface area contributed by atoms with Gasteiger partial charge in [0.15, 0.2) is 0 Å². The molecule has 234 valence electrons. The highest BCUT2D eigenvalue weighted by atomic mass is 19.1. The lowest BCUT2D eigenvalue weighted by Crippen LogP contribution is -2.38. The molecule has 6 rings (SSSR count). The number of benzene rings is 3. The van der Waals surface area contributed by atoms with E-state index in [2.05, 4.69) is 4.98 Å². The van der Waals surface area contributed by atoms with Gasteiger partial charge in [-0.15, -0.1) is 0 Å². The van der Waals surface area contributed by atoms with Crippen molar-refractivity contribution < 1.29 is 32.5 Å². The molecule has 46 heavy (non-hydrogen) atoms. The average molecular weight is 627 g/mol. The number of fused-ring (bicyclic) bond motifs is 1. The minimum atomic E-state index is -1.07. The number of aromatic nitrogens is 3. The lowest BCUT2D eigenvalue weighted by atomic mass is 9.69. The summed E-state index contributed by atoms with van der Waals surface area (Å²) in [6.07, 6.45) is 2.86. The van der Waals surface area contributed by atoms with Gasteiger partial charge >= 0.3 is 5.97 Å². The molecule has 11 heteroatoms. The third-order valence-corrected chi connectivity index (χ3v) is 8.47. The molecule has 0 amide bonds. The van der Waals surface area contributed by atoms with Crippen LogP contribution in [0.25, 0.3) is 22.3 Å². The standard InChI is InChI=1S/C35H29F3N4O4/c1-45-20-35(10-3-11-35)19-42-31-14-22(34(43)44)8-9-30(31)40-32(42)15-24-13-28(38)25(16-27(24)37)29-4-2-5-33(41-29)46-18-23-7-6-21(17-39)12-26(23)36/h2,4-9,12-14,16H,3,10-11,15,18-20H2,1H3,(H,43,44). The Kier molecular flexibility index (Phi) is 8.47. The minimum absolute atomic E-state index is 0.0318. The molecular weight excluding hydrogens is 597 g/mol. The van der Waals surface area contributed by atoms with E-state index in [0.29, 0.717) is 30.0 Å². The van der Waals surface area contributed by atoms with Gasteiger partial charge in [0, 0.05) is 42.7 Å². The summed E-state index contributed by atoms with van der Waals surface area (Å²) >= 11 is 0. The molecular formula is C35H29F3N4O4. The zero-order chi connectivity index (χ0) is 32.4. The van der Waals surface area contributed by atoms with Crippen LogP contribution >= 0.6 is 0 Å². The number of nitrogens with zero attached hydrogens (tertiary/aromatic N) is 4. The first-order valence-corrected chi connectivity index (χ1v) is 14.7. The summed E-state index contributed by atoms with van der Waals surface area (Å²) in [5, 5.41) is 18.5. The second-order valence-corrected chi connectivity index (χ2v) is 11.6. The second-order valence-electron chi connectivity index (χ2n) is 11.6. The first-order chi connectivity index (χ1) is 22.2. The fourth-order valence-corrected chi connectivity index (χ4v) is 5.90. The van der Waals surface area contributed by atoms with Crippen molar-refractivity contribution in [2.45, 2.75) is 38.8 Å². The third kappa shape index (κ3) is 6.17. The van der Waals surface area contributed by atoms with Crippen molar-refractivity contribution in [2.24, 2.45) is 5.41 Å². The van der Waals surface area contributed by atoms with Gasteiger partial charge in [0.05, 0.1) is 40.5 Å². The van der Waals surface area contributed by atoms with Crippen molar-refractivity contribution in [3.63, 3.8) is 0 Å². The Morgan fingerprint density at radius 3 is 2.50 bits per heavy atom.